The lowest BCUT2D eigenvalue weighted by Gasteiger charge is -2.24. The lowest BCUT2D eigenvalue weighted by atomic mass is 10.7. The first-order chi connectivity index (χ1) is 8.06. The second-order valence-corrected chi connectivity index (χ2v) is 2.81. The van der Waals surface area contributed by atoms with Crippen molar-refractivity contribution in [2.75, 3.05) is 0 Å². The standard InChI is InChI=1S/C5ClF9O4/c6-1(16)2(7,8)17-4(12,13)19-5(14,15)18-3(9,10)11. The van der Waals surface area contributed by atoms with Crippen LogP contribution in [0.25, 0.3) is 0 Å². The minimum Gasteiger partial charge on any atom is -0.271 e. The van der Waals surface area contributed by atoms with E-state index < -0.39 is 30.3 Å². The highest BCUT2D eigenvalue weighted by Gasteiger charge is 2.58. The Morgan fingerprint density at radius 3 is 1.42 bits per heavy atom. The Kier molecular flexibility index (Phi) is 5.08. The van der Waals surface area contributed by atoms with Crippen molar-refractivity contribution >= 4 is 16.8 Å². The predicted molar refractivity (Wildman–Crippen MR) is 35.0 cm³/mol. The van der Waals surface area contributed by atoms with Gasteiger partial charge in [-0.1, -0.05) is 0 Å². The van der Waals surface area contributed by atoms with E-state index in [0.717, 1.165) is 0 Å². The summed E-state index contributed by atoms with van der Waals surface area (Å²) in [6, 6.07) is 0. The molecule has 0 bridgehead atoms. The van der Waals surface area contributed by atoms with Gasteiger partial charge in [0, 0.05) is 0 Å². The molecule has 0 aliphatic heterocycles. The first-order valence-corrected chi connectivity index (χ1v) is 3.95. The third kappa shape index (κ3) is 7.39. The van der Waals surface area contributed by atoms with Crippen LogP contribution in [0.3, 0.4) is 0 Å². The zero-order valence-electron chi connectivity index (χ0n) is 7.91. The molecule has 0 aliphatic rings. The zero-order valence-corrected chi connectivity index (χ0v) is 8.67. The summed E-state index contributed by atoms with van der Waals surface area (Å²) in [5, 5.41) is -2.85. The van der Waals surface area contributed by atoms with Gasteiger partial charge >= 0.3 is 30.3 Å². The van der Waals surface area contributed by atoms with Crippen molar-refractivity contribution in [3.05, 3.63) is 0 Å². The maximum Gasteiger partial charge on any atom is 0.529 e. The molecule has 14 heteroatoms. The molecule has 0 rings (SSSR count). The Hall–Kier alpha value is -0.790. The van der Waals surface area contributed by atoms with Crippen LogP contribution in [0.5, 0.6) is 0 Å². The summed E-state index contributed by atoms with van der Waals surface area (Å²) in [5.74, 6) is 0. The zero-order chi connectivity index (χ0) is 15.7. The Morgan fingerprint density at radius 2 is 1.11 bits per heavy atom. The fourth-order valence-corrected chi connectivity index (χ4v) is 0.543. The minimum absolute atomic E-state index is 1.76. The fraction of sp³-hybridized carbons (Fsp3) is 0.800. The number of rotatable bonds is 6. The molecule has 0 aromatic rings. The van der Waals surface area contributed by atoms with E-state index in [4.69, 9.17) is 0 Å². The SMILES string of the molecule is O=C(Cl)C(F)(F)OC(F)(F)OC(F)(F)OC(F)(F)F. The average molecular weight is 330 g/mol. The van der Waals surface area contributed by atoms with E-state index in [-0.39, 0.29) is 0 Å². The van der Waals surface area contributed by atoms with Gasteiger partial charge in [-0.15, -0.1) is 30.7 Å². The number of carbonyl (C=O) groups excluding carboxylic acids is 1. The summed E-state index contributed by atoms with van der Waals surface area (Å²) in [5.41, 5.74) is 0. The van der Waals surface area contributed by atoms with E-state index in [1.165, 1.54) is 0 Å². The van der Waals surface area contributed by atoms with Gasteiger partial charge in [0.15, 0.2) is 0 Å². The molecule has 0 saturated heterocycles. The molecular weight excluding hydrogens is 330 g/mol. The topological polar surface area (TPSA) is 44.8 Å². The normalized spacial score (nSPS) is 14.6. The smallest absolute Gasteiger partial charge is 0.271 e. The van der Waals surface area contributed by atoms with Gasteiger partial charge in [0.1, 0.15) is 0 Å². The average Bonchev–Trinajstić information content (AvgIpc) is 1.91. The lowest BCUT2D eigenvalue weighted by Crippen LogP contribution is -2.45. The summed E-state index contributed by atoms with van der Waals surface area (Å²) >= 11 is 4.05. The van der Waals surface area contributed by atoms with Gasteiger partial charge in [0.05, 0.1) is 0 Å². The largest absolute Gasteiger partial charge is 0.529 e. The van der Waals surface area contributed by atoms with Crippen molar-refractivity contribution in [3.8, 4) is 0 Å². The first-order valence-electron chi connectivity index (χ1n) is 3.57. The van der Waals surface area contributed by atoms with E-state index in [2.05, 4.69) is 16.3 Å². The summed E-state index contributed by atoms with van der Waals surface area (Å²) < 4.78 is 113. The quantitative estimate of drug-likeness (QED) is 0.427. The minimum atomic E-state index is -6.12. The van der Waals surface area contributed by atoms with Crippen molar-refractivity contribution < 1.29 is 58.5 Å². The molecule has 0 radical (unpaired) electrons. The number of carbonyl (C=O) groups is 1. The van der Waals surface area contributed by atoms with Crippen molar-refractivity contribution in [2.45, 2.75) is 25.1 Å². The molecule has 4 nitrogen and oxygen atoms in total. The van der Waals surface area contributed by atoms with Crippen molar-refractivity contribution in [1.29, 1.82) is 0 Å². The van der Waals surface area contributed by atoms with E-state index in [1.807, 2.05) is 4.74 Å². The van der Waals surface area contributed by atoms with E-state index >= 15 is 0 Å². The van der Waals surface area contributed by atoms with E-state index in [1.54, 1.807) is 4.74 Å². The van der Waals surface area contributed by atoms with Crippen LogP contribution in [0.15, 0.2) is 0 Å². The van der Waals surface area contributed by atoms with Gasteiger partial charge in [0.25, 0.3) is 0 Å². The van der Waals surface area contributed by atoms with E-state index in [9.17, 15) is 44.3 Å². The summed E-state index contributed by atoms with van der Waals surface area (Å²) in [6.07, 6.45) is -23.7. The van der Waals surface area contributed by atoms with Crippen LogP contribution in [0.2, 0.25) is 0 Å². The number of hydrogen-bond acceptors (Lipinski definition) is 4. The van der Waals surface area contributed by atoms with Crippen LogP contribution in [0, 0.1) is 0 Å². The number of hydrogen-bond donors (Lipinski definition) is 0. The van der Waals surface area contributed by atoms with Crippen LogP contribution in [0.4, 0.5) is 39.5 Å². The highest BCUT2D eigenvalue weighted by atomic mass is 35.5. The van der Waals surface area contributed by atoms with Crippen LogP contribution in [-0.4, -0.2) is 30.3 Å². The van der Waals surface area contributed by atoms with E-state index in [0.29, 0.717) is 0 Å². The molecule has 0 unspecified atom stereocenters. The molecular formula is C5ClF9O4. The Balaban J connectivity index is 4.82. The van der Waals surface area contributed by atoms with Gasteiger partial charge in [-0.2, -0.15) is 13.5 Å². The third-order valence-corrected chi connectivity index (χ3v) is 1.17. The van der Waals surface area contributed by atoms with Crippen LogP contribution < -0.4 is 0 Å². The maximum absolute atomic E-state index is 12.3. The summed E-state index contributed by atoms with van der Waals surface area (Å²) in [6.45, 7) is 0. The molecule has 0 heterocycles. The molecule has 114 valence electrons. The van der Waals surface area contributed by atoms with Crippen LogP contribution >= 0.6 is 11.6 Å². The fourth-order valence-electron chi connectivity index (χ4n) is 0.504. The molecule has 0 amide bonds. The molecule has 0 aromatic heterocycles. The molecule has 19 heavy (non-hydrogen) atoms. The molecule has 0 N–H and O–H groups in total. The van der Waals surface area contributed by atoms with Crippen molar-refractivity contribution in [1.82, 2.24) is 0 Å². The van der Waals surface area contributed by atoms with Gasteiger partial charge in [-0.25, -0.2) is 9.47 Å². The van der Waals surface area contributed by atoms with Crippen molar-refractivity contribution in [3.63, 3.8) is 0 Å². The van der Waals surface area contributed by atoms with Gasteiger partial charge in [0.2, 0.25) is 0 Å². The number of halogens is 10. The van der Waals surface area contributed by atoms with Crippen LogP contribution in [0.1, 0.15) is 0 Å². The number of alkyl halides is 9. The summed E-state index contributed by atoms with van der Waals surface area (Å²) in [7, 11) is 0. The number of ether oxygens (including phenoxy) is 3. The second-order valence-electron chi connectivity index (χ2n) is 2.47. The molecule has 0 aliphatic carbocycles. The lowest BCUT2D eigenvalue weighted by molar-refractivity contribution is -0.579. The maximum atomic E-state index is 12.3. The monoisotopic (exact) mass is 330 g/mol. The Morgan fingerprint density at radius 1 is 0.737 bits per heavy atom. The first kappa shape index (κ1) is 18.2. The Labute approximate surface area is 101 Å². The highest BCUT2D eigenvalue weighted by Crippen LogP contribution is 2.37. The molecule has 0 fully saturated rings. The molecule has 0 spiro atoms. The molecule has 0 aromatic carbocycles. The Bertz CT molecular complexity index is 340. The highest BCUT2D eigenvalue weighted by molar-refractivity contribution is 6.64. The van der Waals surface area contributed by atoms with Gasteiger partial charge in [-0.05, 0) is 11.6 Å². The van der Waals surface area contributed by atoms with Crippen molar-refractivity contribution in [2.24, 2.45) is 0 Å². The van der Waals surface area contributed by atoms with Crippen LogP contribution in [-0.2, 0) is 19.0 Å². The van der Waals surface area contributed by atoms with Gasteiger partial charge < -0.3 is 0 Å². The molecule has 0 saturated carbocycles. The third-order valence-electron chi connectivity index (χ3n) is 0.948. The molecule has 0 atom stereocenters. The summed E-state index contributed by atoms with van der Waals surface area (Å²) in [4.78, 5) is 9.84. The van der Waals surface area contributed by atoms with Gasteiger partial charge in [-0.3, -0.25) is 4.79 Å². The second kappa shape index (κ2) is 5.30. The predicted octanol–water partition coefficient (Wildman–Crippen LogP) is 3.01.